The van der Waals surface area contributed by atoms with E-state index in [4.69, 9.17) is 38.4 Å². The highest BCUT2D eigenvalue weighted by Gasteiger charge is 2.52. The Balaban J connectivity index is 1.84. The lowest BCUT2D eigenvalue weighted by atomic mass is 9.68. The number of benzene rings is 2. The molecule has 1 aliphatic carbocycles. The summed E-state index contributed by atoms with van der Waals surface area (Å²) in [4.78, 5) is 44.4. The summed E-state index contributed by atoms with van der Waals surface area (Å²) in [5.41, 5.74) is 8.78. The fourth-order valence-electron chi connectivity index (χ4n) is 5.64. The Morgan fingerprint density at radius 2 is 1.73 bits per heavy atom. The molecule has 7 nitrogen and oxygen atoms in total. The lowest BCUT2D eigenvalue weighted by Gasteiger charge is -2.44. The topological polar surface area (TPSA) is 98.9 Å². The molecule has 3 atom stereocenters. The Labute approximate surface area is 252 Å². The van der Waals surface area contributed by atoms with E-state index in [1.165, 1.54) is 11.3 Å². The zero-order valence-electron chi connectivity index (χ0n) is 22.4. The summed E-state index contributed by atoms with van der Waals surface area (Å²) >= 11 is 14.6. The summed E-state index contributed by atoms with van der Waals surface area (Å²) in [5, 5.41) is 2.33. The van der Waals surface area contributed by atoms with Gasteiger partial charge in [0.25, 0.3) is 0 Å². The van der Waals surface area contributed by atoms with Crippen molar-refractivity contribution in [1.82, 2.24) is 0 Å². The molecule has 0 unspecified atom stereocenters. The summed E-state index contributed by atoms with van der Waals surface area (Å²) in [6.45, 7) is 3.59. The smallest absolute Gasteiger partial charge is 0.338 e. The average Bonchev–Trinajstić information content (AvgIpc) is 3.49. The van der Waals surface area contributed by atoms with Gasteiger partial charge in [0, 0.05) is 27.8 Å². The van der Waals surface area contributed by atoms with Crippen LogP contribution in [-0.4, -0.2) is 30.9 Å². The summed E-state index contributed by atoms with van der Waals surface area (Å²) in [7, 11) is 0. The van der Waals surface area contributed by atoms with Gasteiger partial charge in [-0.25, -0.2) is 4.79 Å². The molecule has 2 heterocycles. The molecule has 0 spiro atoms. The number of hydrogen-bond acceptors (Lipinski definition) is 8. The van der Waals surface area contributed by atoms with E-state index in [2.05, 4.69) is 0 Å². The van der Waals surface area contributed by atoms with Gasteiger partial charge >= 0.3 is 11.9 Å². The first kappa shape index (κ1) is 28.9. The fraction of sp³-hybridized carbons (Fsp3) is 0.258. The highest BCUT2D eigenvalue weighted by Crippen LogP contribution is 2.53. The van der Waals surface area contributed by atoms with Crippen LogP contribution in [0.4, 0.5) is 5.69 Å². The summed E-state index contributed by atoms with van der Waals surface area (Å²) in [6, 6.07) is 18.0. The van der Waals surface area contributed by atoms with Gasteiger partial charge in [-0.2, -0.15) is 0 Å². The first-order chi connectivity index (χ1) is 19.8. The van der Waals surface area contributed by atoms with Crippen LogP contribution in [0.5, 0.6) is 0 Å². The molecule has 0 saturated heterocycles. The van der Waals surface area contributed by atoms with Gasteiger partial charge in [0.2, 0.25) is 0 Å². The Morgan fingerprint density at radius 1 is 1.00 bits per heavy atom. The Morgan fingerprint density at radius 3 is 2.39 bits per heavy atom. The van der Waals surface area contributed by atoms with Crippen molar-refractivity contribution in [2.75, 3.05) is 18.1 Å². The van der Waals surface area contributed by atoms with Crippen LogP contribution in [0.2, 0.25) is 10.0 Å². The molecule has 1 aromatic heterocycles. The number of ketones is 1. The molecule has 2 aromatic carbocycles. The number of carbonyl (C=O) groups is 3. The average molecular weight is 612 g/mol. The molecule has 212 valence electrons. The second-order valence-electron chi connectivity index (χ2n) is 9.55. The zero-order valence-corrected chi connectivity index (χ0v) is 24.8. The number of nitrogens with zero attached hydrogens (tertiary/aromatic N) is 1. The van der Waals surface area contributed by atoms with E-state index in [1.807, 2.05) is 47.8 Å². The van der Waals surface area contributed by atoms with Gasteiger partial charge in [-0.1, -0.05) is 59.6 Å². The highest BCUT2D eigenvalue weighted by atomic mass is 35.5. The van der Waals surface area contributed by atoms with Crippen LogP contribution in [0.25, 0.3) is 0 Å². The molecule has 0 amide bonds. The SMILES string of the molecule is CCOC(=O)C1=C(N)N(c2ccccc2)C2=C(C(=O)[C@@H](C(=O)OCC)[C@H](c3cccs3)C2)[C@@H]1c1cccc(Cl)c1Cl. The second kappa shape index (κ2) is 12.1. The first-order valence-corrected chi connectivity index (χ1v) is 14.9. The van der Waals surface area contributed by atoms with Crippen LogP contribution in [-0.2, 0) is 23.9 Å². The predicted octanol–water partition coefficient (Wildman–Crippen LogP) is 6.58. The lowest BCUT2D eigenvalue weighted by Crippen LogP contribution is -2.46. The number of carbonyl (C=O) groups excluding carboxylic acids is 3. The van der Waals surface area contributed by atoms with Crippen LogP contribution >= 0.6 is 34.5 Å². The largest absolute Gasteiger partial charge is 0.465 e. The maximum Gasteiger partial charge on any atom is 0.338 e. The van der Waals surface area contributed by atoms with Gasteiger partial charge in [0.1, 0.15) is 11.7 Å². The van der Waals surface area contributed by atoms with Gasteiger partial charge < -0.3 is 15.2 Å². The highest BCUT2D eigenvalue weighted by molar-refractivity contribution is 7.10. The van der Waals surface area contributed by atoms with Gasteiger partial charge in [-0.05, 0) is 55.5 Å². The van der Waals surface area contributed by atoms with Crippen molar-refractivity contribution in [2.24, 2.45) is 11.7 Å². The van der Waals surface area contributed by atoms with Crippen LogP contribution in [0.15, 0.2) is 88.7 Å². The third kappa shape index (κ3) is 5.16. The zero-order chi connectivity index (χ0) is 29.3. The van der Waals surface area contributed by atoms with Gasteiger partial charge in [-0.15, -0.1) is 11.3 Å². The third-order valence-electron chi connectivity index (χ3n) is 7.29. The monoisotopic (exact) mass is 610 g/mol. The standard InChI is InChI=1S/C31H28Cl2N2O5S/c1-3-39-30(37)24-19(22-14-9-15-41-22)16-21-25(28(24)36)23(18-12-8-13-20(32)27(18)33)26(31(38)40-4-2)29(34)35(21)17-10-6-5-7-11-17/h5-15,19,23-24H,3-4,16,34H2,1-2H3/t19-,23-,24-/m0/s1. The number of rotatable bonds is 7. The minimum atomic E-state index is -1.13. The number of halogens is 2. The number of thiophene rings is 1. The molecule has 2 aliphatic rings. The maximum absolute atomic E-state index is 14.7. The molecule has 0 fully saturated rings. The van der Waals surface area contributed by atoms with Crippen LogP contribution in [0.1, 0.15) is 42.5 Å². The normalized spacial score (nSPS) is 20.6. The van der Waals surface area contributed by atoms with E-state index < -0.39 is 35.5 Å². The molecule has 1 aliphatic heterocycles. The number of Topliss-reactive ketones (excluding diaryl/α,β-unsaturated/α-hetero) is 1. The minimum absolute atomic E-state index is 0.0455. The summed E-state index contributed by atoms with van der Waals surface area (Å²) in [6.07, 6.45) is 0.283. The van der Waals surface area contributed by atoms with E-state index in [1.54, 1.807) is 36.9 Å². The molecule has 3 aromatic rings. The summed E-state index contributed by atoms with van der Waals surface area (Å²) < 4.78 is 10.9. The molecular weight excluding hydrogens is 583 g/mol. The van der Waals surface area contributed by atoms with E-state index in [9.17, 15) is 14.4 Å². The van der Waals surface area contributed by atoms with Crippen LogP contribution in [0.3, 0.4) is 0 Å². The number of hydrogen-bond donors (Lipinski definition) is 1. The number of para-hydroxylation sites is 1. The van der Waals surface area contributed by atoms with Crippen LogP contribution in [0, 0.1) is 5.92 Å². The molecule has 10 heteroatoms. The third-order valence-corrected chi connectivity index (χ3v) is 9.13. The number of anilines is 1. The van der Waals surface area contributed by atoms with Crippen molar-refractivity contribution in [2.45, 2.75) is 32.1 Å². The molecule has 0 radical (unpaired) electrons. The Bertz CT molecular complexity index is 1550. The Kier molecular flexibility index (Phi) is 8.54. The maximum atomic E-state index is 14.7. The fourth-order valence-corrected chi connectivity index (χ4v) is 6.92. The van der Waals surface area contributed by atoms with Crippen molar-refractivity contribution in [3.05, 3.63) is 109 Å². The van der Waals surface area contributed by atoms with Gasteiger partial charge in [0.05, 0.1) is 34.8 Å². The molecule has 41 heavy (non-hydrogen) atoms. The lowest BCUT2D eigenvalue weighted by molar-refractivity contribution is -0.152. The van der Waals surface area contributed by atoms with E-state index in [0.717, 1.165) is 4.88 Å². The van der Waals surface area contributed by atoms with Crippen molar-refractivity contribution in [3.63, 3.8) is 0 Å². The Hall–Kier alpha value is -3.59. The number of esters is 2. The molecular formula is C31H28Cl2N2O5S. The van der Waals surface area contributed by atoms with E-state index in [-0.39, 0.29) is 46.6 Å². The van der Waals surface area contributed by atoms with E-state index in [0.29, 0.717) is 16.9 Å². The summed E-state index contributed by atoms with van der Waals surface area (Å²) in [5.74, 6) is -4.32. The molecule has 5 rings (SSSR count). The van der Waals surface area contributed by atoms with Crippen molar-refractivity contribution in [1.29, 1.82) is 0 Å². The number of allylic oxidation sites excluding steroid dienone is 2. The predicted molar refractivity (Wildman–Crippen MR) is 160 cm³/mol. The quantitative estimate of drug-likeness (QED) is 0.238. The molecule has 2 N–H and O–H groups in total. The van der Waals surface area contributed by atoms with E-state index >= 15 is 0 Å². The van der Waals surface area contributed by atoms with Gasteiger partial charge in [0.15, 0.2) is 5.78 Å². The first-order valence-electron chi connectivity index (χ1n) is 13.2. The van der Waals surface area contributed by atoms with Crippen molar-refractivity contribution < 1.29 is 23.9 Å². The van der Waals surface area contributed by atoms with Crippen molar-refractivity contribution >= 4 is 57.9 Å². The van der Waals surface area contributed by atoms with Crippen LogP contribution < -0.4 is 10.6 Å². The second-order valence-corrected chi connectivity index (χ2v) is 11.3. The molecule has 0 saturated carbocycles. The van der Waals surface area contributed by atoms with Gasteiger partial charge in [-0.3, -0.25) is 14.5 Å². The number of nitrogens with two attached hydrogens (primary N) is 1. The number of ether oxygens (including phenoxy) is 2. The van der Waals surface area contributed by atoms with Crippen molar-refractivity contribution in [3.8, 4) is 0 Å². The minimum Gasteiger partial charge on any atom is -0.465 e. The molecule has 0 bridgehead atoms.